The summed E-state index contributed by atoms with van der Waals surface area (Å²) in [5.41, 5.74) is 1.32. The minimum atomic E-state index is -0.0387. The molecule has 0 bridgehead atoms. The van der Waals surface area contributed by atoms with Gasteiger partial charge in [-0.1, -0.05) is 30.7 Å². The number of halogens is 1. The van der Waals surface area contributed by atoms with Crippen LogP contribution in [0.5, 0.6) is 0 Å². The van der Waals surface area contributed by atoms with Crippen LogP contribution < -0.4 is 5.32 Å². The topological polar surface area (TPSA) is 21.3 Å². The van der Waals surface area contributed by atoms with Gasteiger partial charge in [-0.2, -0.15) is 0 Å². The van der Waals surface area contributed by atoms with Crippen LogP contribution in [0.3, 0.4) is 0 Å². The molecule has 0 saturated heterocycles. The third kappa shape index (κ3) is 7.85. The molecule has 3 heteroatoms. The van der Waals surface area contributed by atoms with Crippen molar-refractivity contribution in [1.82, 2.24) is 5.32 Å². The molecule has 0 aliphatic carbocycles. The fourth-order valence-corrected chi connectivity index (χ4v) is 2.49. The molecule has 1 N–H and O–H groups in total. The van der Waals surface area contributed by atoms with E-state index in [4.69, 9.17) is 16.3 Å². The smallest absolute Gasteiger partial charge is 0.0622 e. The zero-order valence-corrected chi connectivity index (χ0v) is 14.7. The summed E-state index contributed by atoms with van der Waals surface area (Å²) < 4.78 is 5.54. The van der Waals surface area contributed by atoms with E-state index < -0.39 is 0 Å². The molecular weight excluding hydrogens is 282 g/mol. The first-order valence-corrected chi connectivity index (χ1v) is 8.35. The van der Waals surface area contributed by atoms with Gasteiger partial charge in [0.25, 0.3) is 0 Å². The fourth-order valence-electron chi connectivity index (χ4n) is 2.37. The third-order valence-electron chi connectivity index (χ3n) is 4.00. The summed E-state index contributed by atoms with van der Waals surface area (Å²) in [5.74, 6) is 0.632. The predicted molar refractivity (Wildman–Crippen MR) is 92.1 cm³/mol. The fraction of sp³-hybridized carbons (Fsp3) is 0.667. The van der Waals surface area contributed by atoms with Crippen molar-refractivity contribution in [3.8, 4) is 0 Å². The van der Waals surface area contributed by atoms with Crippen molar-refractivity contribution in [2.24, 2.45) is 5.92 Å². The predicted octanol–water partition coefficient (Wildman–Crippen LogP) is 4.70. The van der Waals surface area contributed by atoms with Crippen molar-refractivity contribution in [3.63, 3.8) is 0 Å². The minimum absolute atomic E-state index is 0.0387. The van der Waals surface area contributed by atoms with Gasteiger partial charge in [0.15, 0.2) is 0 Å². The van der Waals surface area contributed by atoms with E-state index in [2.05, 4.69) is 38.2 Å². The number of hydrogen-bond donors (Lipinski definition) is 1. The maximum Gasteiger partial charge on any atom is 0.0622 e. The maximum absolute atomic E-state index is 5.96. The molecule has 0 fully saturated rings. The Bertz CT molecular complexity index is 389. The lowest BCUT2D eigenvalue weighted by Crippen LogP contribution is -2.29. The van der Waals surface area contributed by atoms with E-state index in [1.54, 1.807) is 7.11 Å². The third-order valence-corrected chi connectivity index (χ3v) is 4.26. The summed E-state index contributed by atoms with van der Waals surface area (Å²) in [6.07, 6.45) is 4.51. The van der Waals surface area contributed by atoms with Crippen molar-refractivity contribution in [2.75, 3.05) is 20.2 Å². The summed E-state index contributed by atoms with van der Waals surface area (Å²) in [7, 11) is 1.80. The van der Waals surface area contributed by atoms with E-state index in [-0.39, 0.29) is 5.60 Å². The van der Waals surface area contributed by atoms with Gasteiger partial charge in [-0.3, -0.25) is 0 Å². The summed E-state index contributed by atoms with van der Waals surface area (Å²) in [5, 5.41) is 4.36. The minimum Gasteiger partial charge on any atom is -0.379 e. The lowest BCUT2D eigenvalue weighted by Gasteiger charge is -2.26. The molecular formula is C18H30ClNO. The van der Waals surface area contributed by atoms with E-state index in [9.17, 15) is 0 Å². The molecule has 1 aromatic rings. The van der Waals surface area contributed by atoms with Crippen molar-refractivity contribution >= 4 is 11.6 Å². The first kappa shape index (κ1) is 18.5. The van der Waals surface area contributed by atoms with Crippen LogP contribution in [0.2, 0.25) is 5.02 Å². The van der Waals surface area contributed by atoms with Gasteiger partial charge in [0.2, 0.25) is 0 Å². The van der Waals surface area contributed by atoms with Crippen LogP contribution in [0, 0.1) is 5.92 Å². The second kappa shape index (κ2) is 9.45. The van der Waals surface area contributed by atoms with Crippen LogP contribution in [-0.4, -0.2) is 25.8 Å². The van der Waals surface area contributed by atoms with Gasteiger partial charge in [0.1, 0.15) is 0 Å². The number of nitrogens with one attached hydrogen (secondary N) is 1. The Morgan fingerprint density at radius 3 is 2.48 bits per heavy atom. The Morgan fingerprint density at radius 2 is 1.90 bits per heavy atom. The van der Waals surface area contributed by atoms with Gasteiger partial charge in [-0.05, 0) is 76.2 Å². The molecule has 0 radical (unpaired) electrons. The van der Waals surface area contributed by atoms with Crippen LogP contribution in [0.25, 0.3) is 0 Å². The van der Waals surface area contributed by atoms with Crippen molar-refractivity contribution in [1.29, 1.82) is 0 Å². The molecule has 0 aromatic heterocycles. The van der Waals surface area contributed by atoms with Crippen LogP contribution in [0.15, 0.2) is 24.3 Å². The molecule has 1 atom stereocenters. The summed E-state index contributed by atoms with van der Waals surface area (Å²) >= 11 is 5.96. The van der Waals surface area contributed by atoms with E-state index in [0.717, 1.165) is 31.0 Å². The monoisotopic (exact) mass is 311 g/mol. The van der Waals surface area contributed by atoms with E-state index >= 15 is 0 Å². The Morgan fingerprint density at radius 1 is 1.24 bits per heavy atom. The average Bonchev–Trinajstić information content (AvgIpc) is 2.47. The average molecular weight is 312 g/mol. The Kier molecular flexibility index (Phi) is 8.31. The van der Waals surface area contributed by atoms with E-state index in [1.807, 2.05) is 12.1 Å². The number of methoxy groups -OCH3 is 1. The zero-order chi connectivity index (χ0) is 15.7. The maximum atomic E-state index is 5.96. The highest BCUT2D eigenvalue weighted by Gasteiger charge is 2.19. The Balaban J connectivity index is 2.56. The Hall–Kier alpha value is -0.570. The molecule has 0 saturated carbocycles. The molecule has 0 amide bonds. The Labute approximate surface area is 135 Å². The molecule has 1 rings (SSSR count). The first-order chi connectivity index (χ1) is 9.96. The van der Waals surface area contributed by atoms with Crippen molar-refractivity contribution < 1.29 is 4.74 Å². The number of ether oxygens (including phenoxy) is 1. The second-order valence-electron chi connectivity index (χ2n) is 6.40. The van der Waals surface area contributed by atoms with Crippen LogP contribution in [0.1, 0.15) is 45.6 Å². The molecule has 0 spiro atoms. The van der Waals surface area contributed by atoms with Crippen molar-refractivity contribution in [3.05, 3.63) is 34.9 Å². The largest absolute Gasteiger partial charge is 0.379 e. The first-order valence-electron chi connectivity index (χ1n) is 7.97. The standard InChI is InChI=1S/C18H30ClNO/c1-5-12-20-14-16(10-11-18(2,3)21-4)13-15-6-8-17(19)9-7-15/h6-9,16,20H,5,10-14H2,1-4H3. The number of benzene rings is 1. The highest BCUT2D eigenvalue weighted by molar-refractivity contribution is 6.30. The van der Waals surface area contributed by atoms with Crippen LogP contribution in [-0.2, 0) is 11.2 Å². The van der Waals surface area contributed by atoms with Crippen molar-refractivity contribution in [2.45, 2.75) is 52.1 Å². The summed E-state index contributed by atoms with van der Waals surface area (Å²) in [6.45, 7) is 8.67. The number of hydrogen-bond acceptors (Lipinski definition) is 2. The molecule has 21 heavy (non-hydrogen) atoms. The van der Waals surface area contributed by atoms with Crippen LogP contribution in [0.4, 0.5) is 0 Å². The number of rotatable bonds is 10. The molecule has 0 aliphatic heterocycles. The molecule has 1 aromatic carbocycles. The van der Waals surface area contributed by atoms with Gasteiger partial charge in [0, 0.05) is 12.1 Å². The normalized spacial score (nSPS) is 13.4. The van der Waals surface area contributed by atoms with Gasteiger partial charge in [0.05, 0.1) is 5.60 Å². The molecule has 2 nitrogen and oxygen atoms in total. The summed E-state index contributed by atoms with van der Waals surface area (Å²) in [4.78, 5) is 0. The highest BCUT2D eigenvalue weighted by Crippen LogP contribution is 2.22. The van der Waals surface area contributed by atoms with E-state index in [1.165, 1.54) is 18.4 Å². The SMILES string of the molecule is CCCNCC(CCC(C)(C)OC)Cc1ccc(Cl)cc1. The van der Waals surface area contributed by atoms with Gasteiger partial charge >= 0.3 is 0 Å². The lowest BCUT2D eigenvalue weighted by molar-refractivity contribution is 0.0104. The molecule has 0 heterocycles. The zero-order valence-electron chi connectivity index (χ0n) is 13.9. The summed E-state index contributed by atoms with van der Waals surface area (Å²) in [6, 6.07) is 8.23. The van der Waals surface area contributed by atoms with E-state index in [0.29, 0.717) is 5.92 Å². The van der Waals surface area contributed by atoms with Gasteiger partial charge in [-0.15, -0.1) is 0 Å². The quantitative estimate of drug-likeness (QED) is 0.632. The molecule has 0 aliphatic rings. The molecule has 120 valence electrons. The second-order valence-corrected chi connectivity index (χ2v) is 6.84. The highest BCUT2D eigenvalue weighted by atomic mass is 35.5. The lowest BCUT2D eigenvalue weighted by atomic mass is 9.90. The molecule has 1 unspecified atom stereocenters. The van der Waals surface area contributed by atoms with Crippen LogP contribution >= 0.6 is 11.6 Å². The van der Waals surface area contributed by atoms with Gasteiger partial charge in [-0.25, -0.2) is 0 Å². The van der Waals surface area contributed by atoms with Gasteiger partial charge < -0.3 is 10.1 Å².